The maximum atomic E-state index is 5.41. The predicted molar refractivity (Wildman–Crippen MR) is 79.6 cm³/mol. The van der Waals surface area contributed by atoms with Crippen LogP contribution in [-0.2, 0) is 13.6 Å². The van der Waals surface area contributed by atoms with Crippen LogP contribution in [-0.4, -0.2) is 38.8 Å². The minimum Gasteiger partial charge on any atom is -0.468 e. The van der Waals surface area contributed by atoms with E-state index in [9.17, 15) is 0 Å². The quantitative estimate of drug-likeness (QED) is 0.908. The average Bonchev–Trinajstić information content (AvgIpc) is 3.12. The van der Waals surface area contributed by atoms with Gasteiger partial charge in [0.25, 0.3) is 0 Å². The van der Waals surface area contributed by atoms with E-state index in [1.165, 1.54) is 0 Å². The number of nitrogens with one attached hydrogen (secondary N) is 1. The number of hydrogen-bond acceptors (Lipinski definition) is 5. The SMILES string of the molecule is C[C@@H](NC1CCN(Cc2ccco2)CC1)c1ncnn1C. The highest BCUT2D eigenvalue weighted by atomic mass is 16.3. The third kappa shape index (κ3) is 3.51. The Balaban J connectivity index is 1.46. The molecule has 0 aliphatic carbocycles. The van der Waals surface area contributed by atoms with Crippen LogP contribution in [0.3, 0.4) is 0 Å². The number of nitrogens with zero attached hydrogens (tertiary/aromatic N) is 4. The van der Waals surface area contributed by atoms with Crippen molar-refractivity contribution in [3.8, 4) is 0 Å². The Bertz CT molecular complexity index is 542. The Hall–Kier alpha value is -1.66. The van der Waals surface area contributed by atoms with Gasteiger partial charge in [-0.3, -0.25) is 9.58 Å². The first kappa shape index (κ1) is 14.3. The molecule has 2 aromatic heterocycles. The molecule has 3 heterocycles. The van der Waals surface area contributed by atoms with E-state index >= 15 is 0 Å². The van der Waals surface area contributed by atoms with Crippen LogP contribution >= 0.6 is 0 Å². The van der Waals surface area contributed by atoms with Crippen LogP contribution in [0.2, 0.25) is 0 Å². The van der Waals surface area contributed by atoms with Crippen LogP contribution in [0.5, 0.6) is 0 Å². The number of aromatic nitrogens is 3. The monoisotopic (exact) mass is 289 g/mol. The molecule has 0 radical (unpaired) electrons. The van der Waals surface area contributed by atoms with E-state index in [1.807, 2.05) is 23.9 Å². The van der Waals surface area contributed by atoms with Crippen molar-refractivity contribution in [2.24, 2.45) is 7.05 Å². The van der Waals surface area contributed by atoms with Gasteiger partial charge in [0.2, 0.25) is 0 Å². The fraction of sp³-hybridized carbons (Fsp3) is 0.600. The molecule has 21 heavy (non-hydrogen) atoms. The largest absolute Gasteiger partial charge is 0.468 e. The highest BCUT2D eigenvalue weighted by Crippen LogP contribution is 2.17. The molecule has 0 unspecified atom stereocenters. The van der Waals surface area contributed by atoms with Gasteiger partial charge in [-0.2, -0.15) is 5.10 Å². The maximum absolute atomic E-state index is 5.41. The first-order valence-corrected chi connectivity index (χ1v) is 7.57. The molecular formula is C15H23N5O. The van der Waals surface area contributed by atoms with Gasteiger partial charge in [0.1, 0.15) is 17.9 Å². The van der Waals surface area contributed by atoms with Crippen LogP contribution in [0, 0.1) is 0 Å². The molecule has 1 aliphatic rings. The van der Waals surface area contributed by atoms with E-state index in [4.69, 9.17) is 4.42 Å². The predicted octanol–water partition coefficient (Wildman–Crippen LogP) is 1.72. The summed E-state index contributed by atoms with van der Waals surface area (Å²) in [7, 11) is 1.94. The number of likely N-dealkylation sites (tertiary alicyclic amines) is 1. The van der Waals surface area contributed by atoms with Crippen molar-refractivity contribution < 1.29 is 4.42 Å². The van der Waals surface area contributed by atoms with E-state index in [0.717, 1.165) is 44.1 Å². The number of rotatable bonds is 5. The van der Waals surface area contributed by atoms with Gasteiger partial charge >= 0.3 is 0 Å². The molecule has 6 nitrogen and oxygen atoms in total. The van der Waals surface area contributed by atoms with Gasteiger partial charge in [-0.15, -0.1) is 0 Å². The zero-order chi connectivity index (χ0) is 14.7. The van der Waals surface area contributed by atoms with Gasteiger partial charge in [0.15, 0.2) is 0 Å². The summed E-state index contributed by atoms with van der Waals surface area (Å²) in [5.74, 6) is 2.04. The second kappa shape index (κ2) is 6.41. The lowest BCUT2D eigenvalue weighted by atomic mass is 10.0. The topological polar surface area (TPSA) is 59.1 Å². The summed E-state index contributed by atoms with van der Waals surface area (Å²) in [4.78, 5) is 6.76. The summed E-state index contributed by atoms with van der Waals surface area (Å²) in [5, 5.41) is 7.80. The average molecular weight is 289 g/mol. The van der Waals surface area contributed by atoms with Gasteiger partial charge in [-0.05, 0) is 31.9 Å². The molecule has 2 aromatic rings. The molecule has 1 N–H and O–H groups in total. The number of piperidine rings is 1. The molecule has 1 aliphatic heterocycles. The molecule has 0 spiro atoms. The number of furan rings is 1. The standard InChI is InChI=1S/C15H23N5O/c1-12(15-16-11-17-19(15)2)18-13-5-7-20(8-6-13)10-14-4-3-9-21-14/h3-4,9,11-13,18H,5-8,10H2,1-2H3/t12-/m1/s1. The number of aryl methyl sites for hydroxylation is 1. The minimum atomic E-state index is 0.235. The summed E-state index contributed by atoms with van der Waals surface area (Å²) < 4.78 is 7.25. The third-order valence-electron chi connectivity index (χ3n) is 4.17. The summed E-state index contributed by atoms with van der Waals surface area (Å²) in [6.07, 6.45) is 5.66. The lowest BCUT2D eigenvalue weighted by molar-refractivity contribution is 0.173. The maximum Gasteiger partial charge on any atom is 0.143 e. The van der Waals surface area contributed by atoms with E-state index in [0.29, 0.717) is 6.04 Å². The molecule has 1 atom stereocenters. The van der Waals surface area contributed by atoms with Crippen LogP contribution < -0.4 is 5.32 Å². The Morgan fingerprint density at radius 1 is 1.43 bits per heavy atom. The lowest BCUT2D eigenvalue weighted by Crippen LogP contribution is -2.43. The van der Waals surface area contributed by atoms with E-state index in [-0.39, 0.29) is 6.04 Å². The smallest absolute Gasteiger partial charge is 0.143 e. The van der Waals surface area contributed by atoms with Crippen molar-refractivity contribution in [2.75, 3.05) is 13.1 Å². The molecule has 114 valence electrons. The van der Waals surface area contributed by atoms with Crippen LogP contribution in [0.25, 0.3) is 0 Å². The fourth-order valence-corrected chi connectivity index (χ4v) is 3.01. The van der Waals surface area contributed by atoms with Crippen molar-refractivity contribution in [1.82, 2.24) is 25.0 Å². The molecule has 0 bridgehead atoms. The number of hydrogen-bond donors (Lipinski definition) is 1. The van der Waals surface area contributed by atoms with Gasteiger partial charge in [-0.25, -0.2) is 4.98 Å². The zero-order valence-electron chi connectivity index (χ0n) is 12.7. The molecule has 1 saturated heterocycles. The van der Waals surface area contributed by atoms with Crippen molar-refractivity contribution >= 4 is 0 Å². The summed E-state index contributed by atoms with van der Waals surface area (Å²) >= 11 is 0. The van der Waals surface area contributed by atoms with Crippen molar-refractivity contribution in [1.29, 1.82) is 0 Å². The van der Waals surface area contributed by atoms with Gasteiger partial charge in [0, 0.05) is 26.2 Å². The Kier molecular flexibility index (Phi) is 4.36. The fourth-order valence-electron chi connectivity index (χ4n) is 3.01. The second-order valence-corrected chi connectivity index (χ2v) is 5.76. The van der Waals surface area contributed by atoms with E-state index in [2.05, 4.69) is 27.2 Å². The molecule has 3 rings (SSSR count). The minimum absolute atomic E-state index is 0.235. The van der Waals surface area contributed by atoms with Crippen LogP contribution in [0.15, 0.2) is 29.1 Å². The normalized spacial score (nSPS) is 19.0. The molecule has 6 heteroatoms. The third-order valence-corrected chi connectivity index (χ3v) is 4.17. The van der Waals surface area contributed by atoms with Crippen molar-refractivity contribution in [3.05, 3.63) is 36.3 Å². The highest BCUT2D eigenvalue weighted by Gasteiger charge is 2.22. The highest BCUT2D eigenvalue weighted by molar-refractivity contribution is 4.99. The molecule has 0 amide bonds. The van der Waals surface area contributed by atoms with Crippen molar-refractivity contribution in [3.63, 3.8) is 0 Å². The van der Waals surface area contributed by atoms with Crippen LogP contribution in [0.4, 0.5) is 0 Å². The molecule has 0 saturated carbocycles. The molecule has 0 aromatic carbocycles. The van der Waals surface area contributed by atoms with Gasteiger partial charge in [0.05, 0.1) is 18.8 Å². The van der Waals surface area contributed by atoms with E-state index in [1.54, 1.807) is 12.6 Å². The zero-order valence-corrected chi connectivity index (χ0v) is 12.7. The van der Waals surface area contributed by atoms with Crippen LogP contribution in [0.1, 0.15) is 37.4 Å². The van der Waals surface area contributed by atoms with Crippen molar-refractivity contribution in [2.45, 2.75) is 38.4 Å². The Morgan fingerprint density at radius 3 is 2.86 bits per heavy atom. The lowest BCUT2D eigenvalue weighted by Gasteiger charge is -2.33. The van der Waals surface area contributed by atoms with Gasteiger partial charge < -0.3 is 9.73 Å². The summed E-state index contributed by atoms with van der Waals surface area (Å²) in [6.45, 7) is 5.27. The molecular weight excluding hydrogens is 266 g/mol. The Labute approximate surface area is 125 Å². The van der Waals surface area contributed by atoms with Gasteiger partial charge in [-0.1, -0.05) is 0 Å². The first-order chi connectivity index (χ1) is 10.2. The summed E-state index contributed by atoms with van der Waals surface area (Å²) in [6, 6.07) is 4.77. The first-order valence-electron chi connectivity index (χ1n) is 7.57. The Morgan fingerprint density at radius 2 is 2.24 bits per heavy atom. The second-order valence-electron chi connectivity index (χ2n) is 5.76. The molecule has 1 fully saturated rings. The summed E-state index contributed by atoms with van der Waals surface area (Å²) in [5.41, 5.74) is 0. The van der Waals surface area contributed by atoms with E-state index < -0.39 is 0 Å².